The second-order valence-electron chi connectivity index (χ2n) is 9.96. The number of fused-ring (bicyclic) bond motifs is 1. The zero-order chi connectivity index (χ0) is 30.8. The van der Waals surface area contributed by atoms with Gasteiger partial charge in [-0.05, 0) is 56.5 Å². The van der Waals surface area contributed by atoms with E-state index in [-0.39, 0.29) is 17.9 Å². The number of rotatable bonds is 9. The first-order valence-electron chi connectivity index (χ1n) is 13.7. The minimum atomic E-state index is -0.922. The van der Waals surface area contributed by atoms with Crippen LogP contribution in [0.3, 0.4) is 0 Å². The van der Waals surface area contributed by atoms with Crippen molar-refractivity contribution in [3.05, 3.63) is 82.5 Å². The number of esters is 1. The fourth-order valence-corrected chi connectivity index (χ4v) is 6.56. The van der Waals surface area contributed by atoms with Crippen LogP contribution in [0.15, 0.2) is 51.4 Å². The number of anilines is 1. The number of methoxy groups -OCH3 is 3. The van der Waals surface area contributed by atoms with E-state index in [1.165, 1.54) is 38.0 Å². The first-order chi connectivity index (χ1) is 20.7. The molecule has 43 heavy (non-hydrogen) atoms. The molecule has 12 nitrogen and oxygen atoms in total. The Kier molecular flexibility index (Phi) is 8.53. The number of nitro groups is 1. The number of aromatic nitrogens is 1. The summed E-state index contributed by atoms with van der Waals surface area (Å²) in [5, 5.41) is 11.6. The number of hydrogen-bond donors (Lipinski definition) is 0. The van der Waals surface area contributed by atoms with Crippen LogP contribution in [-0.2, 0) is 9.53 Å². The normalized spacial score (nSPS) is 16.5. The maximum Gasteiger partial charge on any atom is 0.338 e. The smallest absolute Gasteiger partial charge is 0.338 e. The van der Waals surface area contributed by atoms with E-state index in [0.717, 1.165) is 43.0 Å². The summed E-state index contributed by atoms with van der Waals surface area (Å²) < 4.78 is 23.8. The van der Waals surface area contributed by atoms with Crippen molar-refractivity contribution in [2.24, 2.45) is 4.99 Å². The SMILES string of the molecule is CCOC(=O)C1=C(C)N=c2s/c(=C/c3cc([N+](=O)[O-])ccc3N3CCCC3)c(=O)n2[C@@H]1c1cc(OC)c(OC)c(OC)c1. The monoisotopic (exact) mass is 608 g/mol. The third-order valence-corrected chi connectivity index (χ3v) is 8.46. The van der Waals surface area contributed by atoms with Gasteiger partial charge in [-0.1, -0.05) is 11.3 Å². The van der Waals surface area contributed by atoms with Gasteiger partial charge in [-0.2, -0.15) is 0 Å². The number of non-ortho nitro benzene ring substituents is 1. The average Bonchev–Trinajstić information content (AvgIpc) is 3.64. The van der Waals surface area contributed by atoms with Crippen molar-refractivity contribution in [3.8, 4) is 17.2 Å². The molecule has 1 aromatic heterocycles. The highest BCUT2D eigenvalue weighted by Crippen LogP contribution is 2.42. The number of nitro benzene ring substituents is 1. The second-order valence-corrected chi connectivity index (χ2v) is 11.0. The molecule has 0 aliphatic carbocycles. The summed E-state index contributed by atoms with van der Waals surface area (Å²) in [4.78, 5) is 45.8. The molecule has 1 atom stereocenters. The van der Waals surface area contributed by atoms with Crippen molar-refractivity contribution in [1.82, 2.24) is 4.57 Å². The number of thiazole rings is 1. The van der Waals surface area contributed by atoms with Crippen LogP contribution in [0.25, 0.3) is 6.08 Å². The van der Waals surface area contributed by atoms with Crippen LogP contribution in [-0.4, -0.2) is 56.5 Å². The topological polar surface area (TPSA) is 135 Å². The van der Waals surface area contributed by atoms with E-state index in [4.69, 9.17) is 18.9 Å². The third-order valence-electron chi connectivity index (χ3n) is 7.48. The van der Waals surface area contributed by atoms with Crippen LogP contribution in [0.4, 0.5) is 11.4 Å². The quantitative estimate of drug-likeness (QED) is 0.204. The van der Waals surface area contributed by atoms with Crippen molar-refractivity contribution in [1.29, 1.82) is 0 Å². The fraction of sp³-hybridized carbons (Fsp3) is 0.367. The van der Waals surface area contributed by atoms with E-state index >= 15 is 0 Å². The zero-order valence-electron chi connectivity index (χ0n) is 24.5. The standard InChI is InChI=1S/C30H32N4O8S/c1-6-42-29(36)25-17(2)31-30-33(26(25)19-14-22(39-3)27(41-5)23(15-19)40-4)28(35)24(43-30)16-18-13-20(34(37)38)9-10-21(18)32-11-7-8-12-32/h9-10,13-16,26H,6-8,11-12H2,1-5H3/b24-16+/t26-/m1/s1. The van der Waals surface area contributed by atoms with E-state index in [9.17, 15) is 19.7 Å². The molecule has 0 saturated carbocycles. The molecule has 0 amide bonds. The molecule has 0 unspecified atom stereocenters. The van der Waals surface area contributed by atoms with Gasteiger partial charge in [-0.3, -0.25) is 19.5 Å². The molecule has 0 bridgehead atoms. The molecule has 0 radical (unpaired) electrons. The van der Waals surface area contributed by atoms with Gasteiger partial charge in [0.1, 0.15) is 0 Å². The molecule has 2 aliphatic rings. The largest absolute Gasteiger partial charge is 0.493 e. The summed E-state index contributed by atoms with van der Waals surface area (Å²) in [6.45, 7) is 5.18. The minimum absolute atomic E-state index is 0.0716. The van der Waals surface area contributed by atoms with Crippen LogP contribution in [0, 0.1) is 10.1 Å². The van der Waals surface area contributed by atoms with Gasteiger partial charge >= 0.3 is 5.97 Å². The maximum atomic E-state index is 14.2. The number of allylic oxidation sites excluding steroid dienone is 1. The van der Waals surface area contributed by atoms with Gasteiger partial charge in [0, 0.05) is 36.5 Å². The van der Waals surface area contributed by atoms with Gasteiger partial charge < -0.3 is 23.8 Å². The predicted octanol–water partition coefficient (Wildman–Crippen LogP) is 3.33. The number of hydrogen-bond acceptors (Lipinski definition) is 11. The van der Waals surface area contributed by atoms with Crippen LogP contribution < -0.4 is 34.0 Å². The molecule has 0 N–H and O–H groups in total. The number of carbonyl (C=O) groups is 1. The molecule has 3 aromatic rings. The molecule has 1 fully saturated rings. The number of carbonyl (C=O) groups excluding carboxylic acids is 1. The van der Waals surface area contributed by atoms with E-state index in [1.54, 1.807) is 38.1 Å². The van der Waals surface area contributed by atoms with Gasteiger partial charge in [0.05, 0.1) is 54.7 Å². The maximum absolute atomic E-state index is 14.2. The van der Waals surface area contributed by atoms with Gasteiger partial charge in [-0.15, -0.1) is 0 Å². The summed E-state index contributed by atoms with van der Waals surface area (Å²) in [5.74, 6) is 0.457. The highest BCUT2D eigenvalue weighted by molar-refractivity contribution is 7.07. The van der Waals surface area contributed by atoms with Crippen LogP contribution >= 0.6 is 11.3 Å². The average molecular weight is 609 g/mol. The Labute approximate surface area is 251 Å². The summed E-state index contributed by atoms with van der Waals surface area (Å²) >= 11 is 1.15. The van der Waals surface area contributed by atoms with Gasteiger partial charge in [-0.25, -0.2) is 9.79 Å². The minimum Gasteiger partial charge on any atom is -0.493 e. The van der Waals surface area contributed by atoms with E-state index in [2.05, 4.69) is 9.89 Å². The van der Waals surface area contributed by atoms with Crippen molar-refractivity contribution in [3.63, 3.8) is 0 Å². The summed E-state index contributed by atoms with van der Waals surface area (Å²) in [6.07, 6.45) is 3.70. The predicted molar refractivity (Wildman–Crippen MR) is 161 cm³/mol. The Morgan fingerprint density at radius 3 is 2.37 bits per heavy atom. The number of nitrogens with zero attached hydrogens (tertiary/aromatic N) is 4. The Balaban J connectivity index is 1.77. The Hall–Kier alpha value is -4.65. The van der Waals surface area contributed by atoms with Gasteiger partial charge in [0.15, 0.2) is 16.3 Å². The number of benzene rings is 2. The molecular formula is C30H32N4O8S. The van der Waals surface area contributed by atoms with E-state index < -0.39 is 22.5 Å². The van der Waals surface area contributed by atoms with Crippen LogP contribution in [0.2, 0.25) is 0 Å². The first-order valence-corrected chi connectivity index (χ1v) is 14.6. The van der Waals surface area contributed by atoms with E-state index in [0.29, 0.717) is 43.4 Å². The van der Waals surface area contributed by atoms with Crippen LogP contribution in [0.1, 0.15) is 43.9 Å². The molecule has 3 heterocycles. The molecular weight excluding hydrogens is 576 g/mol. The summed E-state index contributed by atoms with van der Waals surface area (Å²) in [5.41, 5.74) is 2.02. The summed E-state index contributed by atoms with van der Waals surface area (Å²) in [6, 6.07) is 7.15. The molecule has 13 heteroatoms. The van der Waals surface area contributed by atoms with Gasteiger partial charge in [0.25, 0.3) is 11.2 Å². The first kappa shape index (κ1) is 29.8. The molecule has 1 saturated heterocycles. The Bertz CT molecular complexity index is 1780. The van der Waals surface area contributed by atoms with Gasteiger partial charge in [0.2, 0.25) is 5.75 Å². The lowest BCUT2D eigenvalue weighted by Crippen LogP contribution is -2.40. The van der Waals surface area contributed by atoms with Crippen molar-refractivity contribution >= 4 is 34.8 Å². The lowest BCUT2D eigenvalue weighted by molar-refractivity contribution is -0.384. The van der Waals surface area contributed by atoms with Crippen molar-refractivity contribution in [2.45, 2.75) is 32.7 Å². The molecule has 5 rings (SSSR count). The highest BCUT2D eigenvalue weighted by Gasteiger charge is 2.35. The molecule has 226 valence electrons. The highest BCUT2D eigenvalue weighted by atomic mass is 32.1. The van der Waals surface area contributed by atoms with Crippen molar-refractivity contribution < 1.29 is 28.7 Å². The lowest BCUT2D eigenvalue weighted by Gasteiger charge is -2.26. The summed E-state index contributed by atoms with van der Waals surface area (Å²) in [7, 11) is 4.45. The van der Waals surface area contributed by atoms with E-state index in [1.807, 2.05) is 0 Å². The zero-order valence-corrected chi connectivity index (χ0v) is 25.4. The Morgan fingerprint density at radius 2 is 1.79 bits per heavy atom. The van der Waals surface area contributed by atoms with Crippen molar-refractivity contribution in [2.75, 3.05) is 45.9 Å². The van der Waals surface area contributed by atoms with Crippen LogP contribution in [0.5, 0.6) is 17.2 Å². The molecule has 2 aromatic carbocycles. The second kappa shape index (κ2) is 12.3. The molecule has 2 aliphatic heterocycles. The Morgan fingerprint density at radius 1 is 1.12 bits per heavy atom. The molecule has 0 spiro atoms. The number of ether oxygens (including phenoxy) is 4. The fourth-order valence-electron chi connectivity index (χ4n) is 5.52. The third kappa shape index (κ3) is 5.47. The lowest BCUT2D eigenvalue weighted by atomic mass is 9.95.